The van der Waals surface area contributed by atoms with Crippen LogP contribution in [0.1, 0.15) is 18.4 Å². The van der Waals surface area contributed by atoms with Crippen molar-refractivity contribution >= 4 is 12.2 Å². The number of aliphatic imine (C=N–C) groups is 1. The number of nitrogens with one attached hydrogen (secondary N) is 1. The molecule has 0 heterocycles. The van der Waals surface area contributed by atoms with E-state index in [4.69, 9.17) is 16.4 Å². The molecule has 7 nitrogen and oxygen atoms in total. The fourth-order valence-corrected chi connectivity index (χ4v) is 1.62. The van der Waals surface area contributed by atoms with E-state index < -0.39 is 17.8 Å². The highest BCUT2D eigenvalue weighted by Crippen LogP contribution is 2.16. The number of rotatable bonds is 8. The number of hydrogen-bond acceptors (Lipinski definition) is 5. The summed E-state index contributed by atoms with van der Waals surface area (Å²) in [5, 5.41) is 18.6. The molecule has 0 aliphatic rings. The van der Waals surface area contributed by atoms with Crippen LogP contribution >= 0.6 is 0 Å². The molecular formula is C13H18FN4O3+. The van der Waals surface area contributed by atoms with Crippen LogP contribution in [0.4, 0.5) is 4.39 Å². The number of aromatic hydroxyl groups is 1. The van der Waals surface area contributed by atoms with Crippen LogP contribution in [-0.4, -0.2) is 46.3 Å². The lowest BCUT2D eigenvalue weighted by atomic mass is 10.1. The number of halogens is 1. The SMILES string of the molecule is N=[N+](CN)CCC[C@H](N=Cc1ccc(F)cc1O)C(=O)O. The molecule has 0 bridgehead atoms. The number of carboxylic acid groups (broad SMARTS) is 1. The zero-order valence-electron chi connectivity index (χ0n) is 11.4. The van der Waals surface area contributed by atoms with Gasteiger partial charge in [0, 0.05) is 24.3 Å². The molecule has 0 saturated carbocycles. The van der Waals surface area contributed by atoms with Crippen LogP contribution in [0.15, 0.2) is 23.2 Å². The van der Waals surface area contributed by atoms with Crippen LogP contribution in [0.25, 0.3) is 0 Å². The largest absolute Gasteiger partial charge is 0.507 e. The van der Waals surface area contributed by atoms with Crippen molar-refractivity contribution in [3.8, 4) is 5.75 Å². The van der Waals surface area contributed by atoms with Crippen molar-refractivity contribution in [2.45, 2.75) is 18.9 Å². The smallest absolute Gasteiger partial charge is 0.328 e. The number of phenolic OH excluding ortho intramolecular Hbond substituents is 1. The quantitative estimate of drug-likeness (QED) is 0.249. The van der Waals surface area contributed by atoms with Gasteiger partial charge in [-0.15, -0.1) is 4.70 Å². The van der Waals surface area contributed by atoms with Crippen molar-refractivity contribution in [1.29, 1.82) is 5.53 Å². The maximum absolute atomic E-state index is 12.8. The number of benzene rings is 1. The Kier molecular flexibility index (Phi) is 6.41. The molecule has 1 atom stereocenters. The van der Waals surface area contributed by atoms with Crippen molar-refractivity contribution in [2.24, 2.45) is 10.7 Å². The summed E-state index contributed by atoms with van der Waals surface area (Å²) in [7, 11) is 0. The van der Waals surface area contributed by atoms with Crippen LogP contribution < -0.4 is 5.73 Å². The Balaban J connectivity index is 2.67. The molecule has 0 aliphatic carbocycles. The first-order valence-electron chi connectivity index (χ1n) is 6.34. The zero-order chi connectivity index (χ0) is 15.8. The highest BCUT2D eigenvalue weighted by Gasteiger charge is 2.16. The number of aliphatic carboxylic acids is 1. The first-order chi connectivity index (χ1) is 9.93. The molecule has 0 fully saturated rings. The van der Waals surface area contributed by atoms with Gasteiger partial charge in [0.2, 0.25) is 6.67 Å². The van der Waals surface area contributed by atoms with Gasteiger partial charge in [0.15, 0.2) is 6.54 Å². The molecule has 0 spiro atoms. The molecule has 0 unspecified atom stereocenters. The van der Waals surface area contributed by atoms with E-state index >= 15 is 0 Å². The van der Waals surface area contributed by atoms with Crippen molar-refractivity contribution in [3.63, 3.8) is 0 Å². The monoisotopic (exact) mass is 297 g/mol. The highest BCUT2D eigenvalue weighted by molar-refractivity contribution is 5.85. The number of carbonyl (C=O) groups is 1. The summed E-state index contributed by atoms with van der Waals surface area (Å²) in [5.74, 6) is -1.99. The van der Waals surface area contributed by atoms with E-state index in [9.17, 15) is 14.3 Å². The summed E-state index contributed by atoms with van der Waals surface area (Å²) in [6.45, 7) is 0.419. The fraction of sp³-hybridized carbons (Fsp3) is 0.385. The molecule has 1 rings (SSSR count). The van der Waals surface area contributed by atoms with E-state index in [1.165, 1.54) is 12.3 Å². The van der Waals surface area contributed by atoms with Gasteiger partial charge in [0.1, 0.15) is 17.6 Å². The maximum Gasteiger partial charge on any atom is 0.328 e. The van der Waals surface area contributed by atoms with Crippen molar-refractivity contribution in [2.75, 3.05) is 13.2 Å². The third-order valence-electron chi connectivity index (χ3n) is 2.80. The minimum Gasteiger partial charge on any atom is -0.507 e. The van der Waals surface area contributed by atoms with E-state index in [2.05, 4.69) is 4.99 Å². The van der Waals surface area contributed by atoms with E-state index in [0.717, 1.165) is 16.8 Å². The van der Waals surface area contributed by atoms with Gasteiger partial charge in [-0.05, 0) is 18.6 Å². The van der Waals surface area contributed by atoms with E-state index in [0.29, 0.717) is 13.0 Å². The second kappa shape index (κ2) is 8.05. The number of hydrogen-bond donors (Lipinski definition) is 4. The second-order valence-corrected chi connectivity index (χ2v) is 4.42. The maximum atomic E-state index is 12.8. The van der Waals surface area contributed by atoms with Gasteiger partial charge in [-0.2, -0.15) is 0 Å². The van der Waals surface area contributed by atoms with Crippen LogP contribution in [-0.2, 0) is 4.79 Å². The lowest BCUT2D eigenvalue weighted by Crippen LogP contribution is -2.22. The molecule has 0 amide bonds. The molecule has 8 heteroatoms. The standard InChI is InChI=1S/C13H17FN4O3/c14-10-4-3-9(12(19)6-10)7-17-11(13(20)21)2-1-5-18(16)8-15/h3-4,6-7,11,16H,1-2,5,8,15H2,(H-,17,19,20,21)/p+1/t11-/m0/s1. The molecule has 21 heavy (non-hydrogen) atoms. The van der Waals surface area contributed by atoms with Crippen LogP contribution in [0.2, 0.25) is 0 Å². The van der Waals surface area contributed by atoms with Gasteiger partial charge in [0.25, 0.3) is 0 Å². The number of nitrogens with zero attached hydrogens (tertiary/aromatic N) is 2. The van der Waals surface area contributed by atoms with Crippen molar-refractivity contribution in [1.82, 2.24) is 0 Å². The highest BCUT2D eigenvalue weighted by atomic mass is 19.1. The third-order valence-corrected chi connectivity index (χ3v) is 2.80. The van der Waals surface area contributed by atoms with Gasteiger partial charge in [-0.1, -0.05) is 5.53 Å². The minimum atomic E-state index is -1.10. The van der Waals surface area contributed by atoms with Gasteiger partial charge in [0.05, 0.1) is 0 Å². The molecule has 0 radical (unpaired) electrons. The predicted octanol–water partition coefficient (Wildman–Crippen LogP) is 1.14. The molecule has 0 saturated heterocycles. The topological polar surface area (TPSA) is 123 Å². The number of phenols is 1. The van der Waals surface area contributed by atoms with E-state index in [1.54, 1.807) is 0 Å². The molecule has 1 aromatic rings. The molecule has 5 N–H and O–H groups in total. The predicted molar refractivity (Wildman–Crippen MR) is 73.2 cm³/mol. The molecular weight excluding hydrogens is 279 g/mol. The Hall–Kier alpha value is -2.35. The Labute approximate surface area is 121 Å². The average molecular weight is 297 g/mol. The minimum absolute atomic E-state index is 0.0739. The first kappa shape index (κ1) is 16.7. The summed E-state index contributed by atoms with van der Waals surface area (Å²) >= 11 is 0. The molecule has 0 aliphatic heterocycles. The molecule has 0 aromatic heterocycles. The van der Waals surface area contributed by atoms with Gasteiger partial charge >= 0.3 is 5.97 Å². The van der Waals surface area contributed by atoms with E-state index in [-0.39, 0.29) is 24.4 Å². The van der Waals surface area contributed by atoms with Crippen molar-refractivity contribution < 1.29 is 24.1 Å². The van der Waals surface area contributed by atoms with E-state index in [1.807, 2.05) is 0 Å². The fourth-order valence-electron chi connectivity index (χ4n) is 1.62. The second-order valence-electron chi connectivity index (χ2n) is 4.42. The third kappa shape index (κ3) is 5.65. The van der Waals surface area contributed by atoms with Gasteiger partial charge in [-0.25, -0.2) is 9.18 Å². The Morgan fingerprint density at radius 3 is 2.86 bits per heavy atom. The molecule has 114 valence electrons. The van der Waals surface area contributed by atoms with Gasteiger partial charge in [-0.3, -0.25) is 10.7 Å². The summed E-state index contributed by atoms with van der Waals surface area (Å²) in [6, 6.07) is 2.40. The lowest BCUT2D eigenvalue weighted by molar-refractivity contribution is -0.614. The Bertz CT molecular complexity index is 548. The summed E-state index contributed by atoms with van der Waals surface area (Å²) in [5.41, 5.74) is 12.8. The first-order valence-corrected chi connectivity index (χ1v) is 6.34. The lowest BCUT2D eigenvalue weighted by Gasteiger charge is -2.06. The summed E-state index contributed by atoms with van der Waals surface area (Å²) in [4.78, 5) is 15.0. The van der Waals surface area contributed by atoms with Crippen LogP contribution in [0, 0.1) is 11.3 Å². The van der Waals surface area contributed by atoms with Crippen LogP contribution in [0.5, 0.6) is 5.75 Å². The van der Waals surface area contributed by atoms with Crippen LogP contribution in [0.3, 0.4) is 0 Å². The Morgan fingerprint density at radius 2 is 2.29 bits per heavy atom. The normalized spacial score (nSPS) is 12.5. The van der Waals surface area contributed by atoms with Crippen molar-refractivity contribution in [3.05, 3.63) is 29.6 Å². The summed E-state index contributed by atoms with van der Waals surface area (Å²) in [6.07, 6.45) is 1.89. The van der Waals surface area contributed by atoms with Gasteiger partial charge < -0.3 is 10.2 Å². The average Bonchev–Trinajstić information content (AvgIpc) is 2.43. The Morgan fingerprint density at radius 1 is 1.57 bits per heavy atom. The number of carboxylic acids is 1. The number of nitrogens with two attached hydrogens (primary N) is 1. The summed E-state index contributed by atoms with van der Waals surface area (Å²) < 4.78 is 13.9. The zero-order valence-corrected chi connectivity index (χ0v) is 11.4. The molecule has 1 aromatic carbocycles.